The number of amides is 2. The summed E-state index contributed by atoms with van der Waals surface area (Å²) >= 11 is 0. The van der Waals surface area contributed by atoms with E-state index < -0.39 is 17.6 Å². The van der Waals surface area contributed by atoms with Crippen molar-refractivity contribution in [3.8, 4) is 11.5 Å². The van der Waals surface area contributed by atoms with E-state index in [1.807, 2.05) is 30.3 Å². The van der Waals surface area contributed by atoms with Crippen molar-refractivity contribution in [1.82, 2.24) is 0 Å². The van der Waals surface area contributed by atoms with Crippen molar-refractivity contribution in [1.29, 1.82) is 0 Å². The average molecular weight is 404 g/mol. The Morgan fingerprint density at radius 1 is 0.900 bits per heavy atom. The molecule has 6 nitrogen and oxygen atoms in total. The van der Waals surface area contributed by atoms with Crippen molar-refractivity contribution in [3.05, 3.63) is 89.8 Å². The molecule has 0 unspecified atom stereocenters. The summed E-state index contributed by atoms with van der Waals surface area (Å²) < 4.78 is 24.6. The summed E-state index contributed by atoms with van der Waals surface area (Å²) in [7, 11) is 0. The zero-order valence-electron chi connectivity index (χ0n) is 15.7. The van der Waals surface area contributed by atoms with Crippen LogP contribution in [0.4, 0.5) is 15.8 Å². The molecule has 0 spiro atoms. The molecule has 7 heteroatoms. The van der Waals surface area contributed by atoms with E-state index in [2.05, 4.69) is 10.6 Å². The molecule has 0 saturated carbocycles. The molecule has 150 valence electrons. The van der Waals surface area contributed by atoms with Crippen molar-refractivity contribution in [2.45, 2.75) is 0 Å². The van der Waals surface area contributed by atoms with Gasteiger partial charge in [0.1, 0.15) is 5.82 Å². The summed E-state index contributed by atoms with van der Waals surface area (Å²) in [5, 5.41) is 5.16. The van der Waals surface area contributed by atoms with Crippen molar-refractivity contribution in [2.75, 3.05) is 17.4 Å². The molecule has 0 radical (unpaired) electrons. The fourth-order valence-corrected chi connectivity index (χ4v) is 2.85. The van der Waals surface area contributed by atoms with Gasteiger partial charge >= 0.3 is 0 Å². The van der Waals surface area contributed by atoms with Gasteiger partial charge in [0.25, 0.3) is 5.91 Å². The van der Waals surface area contributed by atoms with E-state index >= 15 is 0 Å². The van der Waals surface area contributed by atoms with Gasteiger partial charge in [-0.15, -0.1) is 0 Å². The molecule has 0 fully saturated rings. The van der Waals surface area contributed by atoms with Crippen molar-refractivity contribution in [3.63, 3.8) is 0 Å². The van der Waals surface area contributed by atoms with E-state index in [9.17, 15) is 14.0 Å². The topological polar surface area (TPSA) is 76.7 Å². The molecule has 1 aliphatic rings. The first-order valence-electron chi connectivity index (χ1n) is 9.13. The Hall–Kier alpha value is -4.13. The molecule has 30 heavy (non-hydrogen) atoms. The Balaban J connectivity index is 1.44. The van der Waals surface area contributed by atoms with Crippen LogP contribution >= 0.6 is 0 Å². The molecule has 4 rings (SSSR count). The molecule has 0 aromatic heterocycles. The highest BCUT2D eigenvalue weighted by Crippen LogP contribution is 2.32. The number of halogens is 1. The molecular weight excluding hydrogens is 387 g/mol. The lowest BCUT2D eigenvalue weighted by molar-refractivity contribution is -0.111. The molecule has 2 amide bonds. The number of rotatable bonds is 5. The van der Waals surface area contributed by atoms with Crippen LogP contribution in [0.25, 0.3) is 6.08 Å². The van der Waals surface area contributed by atoms with Gasteiger partial charge in [0.15, 0.2) is 11.5 Å². The van der Waals surface area contributed by atoms with Gasteiger partial charge in [-0.05, 0) is 48.0 Å². The Morgan fingerprint density at radius 3 is 2.53 bits per heavy atom. The Kier molecular flexibility index (Phi) is 5.43. The molecule has 1 aliphatic heterocycles. The van der Waals surface area contributed by atoms with Crippen LogP contribution in [0.1, 0.15) is 15.9 Å². The summed E-state index contributed by atoms with van der Waals surface area (Å²) in [6.07, 6.45) is 2.94. The average Bonchev–Trinajstić information content (AvgIpc) is 3.23. The summed E-state index contributed by atoms with van der Waals surface area (Å²) in [6, 6.07) is 18.0. The molecular formula is C23H17FN2O4. The molecule has 3 aromatic carbocycles. The zero-order chi connectivity index (χ0) is 20.9. The number of hydrogen-bond acceptors (Lipinski definition) is 4. The lowest BCUT2D eigenvalue weighted by atomic mass is 10.1. The maximum Gasteiger partial charge on any atom is 0.255 e. The van der Waals surface area contributed by atoms with Crippen LogP contribution in [0.15, 0.2) is 72.8 Å². The number of nitrogens with one attached hydrogen (secondary N) is 2. The van der Waals surface area contributed by atoms with Crippen LogP contribution in [0.5, 0.6) is 11.5 Å². The van der Waals surface area contributed by atoms with Crippen LogP contribution in [0, 0.1) is 5.82 Å². The predicted molar refractivity (Wildman–Crippen MR) is 111 cm³/mol. The Bertz CT molecular complexity index is 1130. The van der Waals surface area contributed by atoms with E-state index in [1.54, 1.807) is 24.3 Å². The van der Waals surface area contributed by atoms with Gasteiger partial charge in [-0.3, -0.25) is 9.59 Å². The molecule has 2 N–H and O–H groups in total. The molecule has 3 aromatic rings. The number of anilines is 2. The first-order valence-corrected chi connectivity index (χ1v) is 9.13. The lowest BCUT2D eigenvalue weighted by Crippen LogP contribution is -2.13. The third-order valence-electron chi connectivity index (χ3n) is 4.34. The molecule has 0 atom stereocenters. The fourth-order valence-electron chi connectivity index (χ4n) is 2.85. The van der Waals surface area contributed by atoms with E-state index in [-0.39, 0.29) is 12.5 Å². The highest BCUT2D eigenvalue weighted by atomic mass is 19.1. The molecule has 0 saturated heterocycles. The van der Waals surface area contributed by atoms with Gasteiger partial charge in [0.2, 0.25) is 12.7 Å². The number of carbonyl (C=O) groups is 2. The van der Waals surface area contributed by atoms with Crippen molar-refractivity contribution >= 4 is 29.3 Å². The summed E-state index contributed by atoms with van der Waals surface area (Å²) in [5.74, 6) is -0.447. The van der Waals surface area contributed by atoms with Crippen LogP contribution < -0.4 is 20.1 Å². The normalized spacial score (nSPS) is 12.0. The minimum atomic E-state index is -0.613. The first kappa shape index (κ1) is 19.2. The molecule has 0 bridgehead atoms. The van der Waals surface area contributed by atoms with Gasteiger partial charge in [-0.1, -0.05) is 30.3 Å². The SMILES string of the molecule is O=C(C=Cc1ccccc1)Nc1cc(NC(=O)c2ccc3c(c2)OCO3)ccc1F. The van der Waals surface area contributed by atoms with Crippen LogP contribution in [0.2, 0.25) is 0 Å². The van der Waals surface area contributed by atoms with Crippen LogP contribution in [-0.2, 0) is 4.79 Å². The zero-order valence-corrected chi connectivity index (χ0v) is 15.7. The predicted octanol–water partition coefficient (Wildman–Crippen LogP) is 4.46. The van der Waals surface area contributed by atoms with Crippen LogP contribution in [-0.4, -0.2) is 18.6 Å². The Morgan fingerprint density at radius 2 is 1.70 bits per heavy atom. The highest BCUT2D eigenvalue weighted by Gasteiger charge is 2.16. The minimum absolute atomic E-state index is 0.0406. The van der Waals surface area contributed by atoms with Gasteiger partial charge in [-0.25, -0.2) is 4.39 Å². The van der Waals surface area contributed by atoms with E-state index in [0.29, 0.717) is 22.7 Å². The van der Waals surface area contributed by atoms with Gasteiger partial charge in [0.05, 0.1) is 5.69 Å². The monoisotopic (exact) mass is 404 g/mol. The maximum absolute atomic E-state index is 14.1. The fraction of sp³-hybridized carbons (Fsp3) is 0.0435. The smallest absolute Gasteiger partial charge is 0.255 e. The minimum Gasteiger partial charge on any atom is -0.454 e. The Labute approximate surface area is 171 Å². The van der Waals surface area contributed by atoms with Gasteiger partial charge in [-0.2, -0.15) is 0 Å². The quantitative estimate of drug-likeness (QED) is 0.616. The highest BCUT2D eigenvalue weighted by molar-refractivity contribution is 6.06. The maximum atomic E-state index is 14.1. The number of fused-ring (bicyclic) bond motifs is 1. The third kappa shape index (κ3) is 4.47. The van der Waals surface area contributed by atoms with Crippen molar-refractivity contribution < 1.29 is 23.5 Å². The standard InChI is InChI=1S/C23H17FN2O4/c24-18-9-8-17(25-23(28)16-7-10-20-21(12-16)30-14-29-20)13-19(18)26-22(27)11-6-15-4-2-1-3-5-15/h1-13H,14H2,(H,25,28)(H,26,27). The second-order valence-corrected chi connectivity index (χ2v) is 6.45. The number of benzene rings is 3. The summed E-state index contributed by atoms with van der Waals surface area (Å²) in [4.78, 5) is 24.6. The second-order valence-electron chi connectivity index (χ2n) is 6.45. The second kappa shape index (κ2) is 8.48. The van der Waals surface area contributed by atoms with Gasteiger partial charge < -0.3 is 20.1 Å². The largest absolute Gasteiger partial charge is 0.454 e. The lowest BCUT2D eigenvalue weighted by Gasteiger charge is -2.09. The number of carbonyl (C=O) groups excluding carboxylic acids is 2. The number of hydrogen-bond donors (Lipinski definition) is 2. The van der Waals surface area contributed by atoms with Gasteiger partial charge in [0, 0.05) is 17.3 Å². The van der Waals surface area contributed by atoms with E-state index in [4.69, 9.17) is 9.47 Å². The van der Waals surface area contributed by atoms with Crippen molar-refractivity contribution in [2.24, 2.45) is 0 Å². The summed E-state index contributed by atoms with van der Waals surface area (Å²) in [6.45, 7) is 0.111. The summed E-state index contributed by atoms with van der Waals surface area (Å²) in [5.41, 5.74) is 1.50. The van der Waals surface area contributed by atoms with E-state index in [0.717, 1.165) is 5.56 Å². The molecule has 0 aliphatic carbocycles. The van der Waals surface area contributed by atoms with Crippen LogP contribution in [0.3, 0.4) is 0 Å². The number of ether oxygens (including phenoxy) is 2. The third-order valence-corrected chi connectivity index (χ3v) is 4.34. The van der Waals surface area contributed by atoms with E-state index in [1.165, 1.54) is 24.3 Å². The first-order chi connectivity index (χ1) is 14.6. The molecule has 1 heterocycles.